The minimum atomic E-state index is -0.798. The second-order valence-electron chi connectivity index (χ2n) is 4.61. The van der Waals surface area contributed by atoms with Crippen molar-refractivity contribution in [1.29, 1.82) is 0 Å². The largest absolute Gasteiger partial charge is 0.496 e. The molecule has 3 nitrogen and oxygen atoms in total. The summed E-state index contributed by atoms with van der Waals surface area (Å²) in [4.78, 5) is 10.8. The first-order chi connectivity index (χ1) is 7.38. The van der Waals surface area contributed by atoms with Crippen LogP contribution in [-0.2, 0) is 10.2 Å². The van der Waals surface area contributed by atoms with E-state index in [9.17, 15) is 4.79 Å². The summed E-state index contributed by atoms with van der Waals surface area (Å²) in [5, 5.41) is 8.90. The number of carboxylic acids is 1. The Morgan fingerprint density at radius 2 is 2.06 bits per heavy atom. The number of carboxylic acid groups (broad SMARTS) is 1. The van der Waals surface area contributed by atoms with Crippen LogP contribution in [0.15, 0.2) is 18.2 Å². The second kappa shape index (κ2) is 4.56. The van der Waals surface area contributed by atoms with Gasteiger partial charge >= 0.3 is 5.97 Å². The number of hydrogen-bond acceptors (Lipinski definition) is 2. The lowest BCUT2D eigenvalue weighted by Gasteiger charge is -2.26. The number of hydrogen-bond donors (Lipinski definition) is 1. The first kappa shape index (κ1) is 12.6. The van der Waals surface area contributed by atoms with Gasteiger partial charge < -0.3 is 9.84 Å². The molecular weight excluding hydrogens is 204 g/mol. The van der Waals surface area contributed by atoms with Crippen LogP contribution in [0.5, 0.6) is 5.75 Å². The van der Waals surface area contributed by atoms with E-state index in [0.717, 1.165) is 16.9 Å². The number of para-hydroxylation sites is 1. The van der Waals surface area contributed by atoms with Gasteiger partial charge in [-0.05, 0) is 12.5 Å². The highest BCUT2D eigenvalue weighted by atomic mass is 16.5. The molecule has 0 atom stereocenters. The van der Waals surface area contributed by atoms with Crippen LogP contribution in [0.2, 0.25) is 0 Å². The molecule has 0 saturated carbocycles. The van der Waals surface area contributed by atoms with Crippen LogP contribution in [0.3, 0.4) is 0 Å². The molecule has 88 valence electrons. The molecule has 0 bridgehead atoms. The summed E-state index contributed by atoms with van der Waals surface area (Å²) in [7, 11) is 1.61. The number of aryl methyl sites for hydroxylation is 1. The highest BCUT2D eigenvalue weighted by molar-refractivity contribution is 5.69. The third-order valence-corrected chi connectivity index (χ3v) is 2.74. The van der Waals surface area contributed by atoms with E-state index in [4.69, 9.17) is 9.84 Å². The van der Waals surface area contributed by atoms with Crippen molar-refractivity contribution in [3.63, 3.8) is 0 Å². The molecule has 0 saturated heterocycles. The van der Waals surface area contributed by atoms with Crippen LogP contribution in [0.4, 0.5) is 0 Å². The molecule has 1 N–H and O–H groups in total. The van der Waals surface area contributed by atoms with Gasteiger partial charge in [0.1, 0.15) is 5.75 Å². The summed E-state index contributed by atoms with van der Waals surface area (Å²) in [5.74, 6) is -0.0118. The quantitative estimate of drug-likeness (QED) is 0.852. The average Bonchev–Trinajstić information content (AvgIpc) is 2.15. The molecule has 0 aliphatic rings. The number of methoxy groups -OCH3 is 1. The predicted octanol–water partition coefficient (Wildman–Crippen LogP) is 2.76. The lowest BCUT2D eigenvalue weighted by atomic mass is 9.80. The Morgan fingerprint density at radius 1 is 1.44 bits per heavy atom. The number of benzene rings is 1. The molecule has 0 aliphatic carbocycles. The van der Waals surface area contributed by atoms with Crippen molar-refractivity contribution in [3.8, 4) is 5.75 Å². The number of carbonyl (C=O) groups is 1. The van der Waals surface area contributed by atoms with Gasteiger partial charge in [-0.3, -0.25) is 4.79 Å². The maximum absolute atomic E-state index is 10.8. The fourth-order valence-electron chi connectivity index (χ4n) is 1.93. The number of ether oxygens (including phenoxy) is 1. The Hall–Kier alpha value is -1.51. The topological polar surface area (TPSA) is 46.5 Å². The van der Waals surface area contributed by atoms with Crippen LogP contribution in [0.25, 0.3) is 0 Å². The molecule has 1 aromatic carbocycles. The summed E-state index contributed by atoms with van der Waals surface area (Å²) >= 11 is 0. The first-order valence-corrected chi connectivity index (χ1v) is 5.24. The van der Waals surface area contributed by atoms with Crippen LogP contribution < -0.4 is 4.74 Å². The van der Waals surface area contributed by atoms with Crippen molar-refractivity contribution >= 4 is 5.97 Å². The van der Waals surface area contributed by atoms with Gasteiger partial charge in [-0.25, -0.2) is 0 Å². The van der Waals surface area contributed by atoms with Gasteiger partial charge in [-0.1, -0.05) is 32.0 Å². The van der Waals surface area contributed by atoms with E-state index in [-0.39, 0.29) is 6.42 Å². The molecule has 0 aliphatic heterocycles. The molecule has 0 amide bonds. The standard InChI is InChI=1S/C13H18O3/c1-9-6-5-7-10(12(9)16-4)13(2,3)8-11(14)15/h5-7H,8H2,1-4H3,(H,14,15). The van der Waals surface area contributed by atoms with Crippen molar-refractivity contribution in [1.82, 2.24) is 0 Å². The molecule has 0 aromatic heterocycles. The van der Waals surface area contributed by atoms with Gasteiger partial charge in [0, 0.05) is 11.0 Å². The molecule has 0 heterocycles. The number of aliphatic carboxylic acids is 1. The van der Waals surface area contributed by atoms with E-state index in [1.54, 1.807) is 7.11 Å². The smallest absolute Gasteiger partial charge is 0.304 e. The van der Waals surface area contributed by atoms with Crippen LogP contribution in [0, 0.1) is 6.92 Å². The lowest BCUT2D eigenvalue weighted by Crippen LogP contribution is -2.22. The van der Waals surface area contributed by atoms with E-state index >= 15 is 0 Å². The molecule has 3 heteroatoms. The van der Waals surface area contributed by atoms with Gasteiger partial charge in [-0.2, -0.15) is 0 Å². The van der Waals surface area contributed by atoms with Crippen LogP contribution in [0.1, 0.15) is 31.4 Å². The van der Waals surface area contributed by atoms with E-state index < -0.39 is 11.4 Å². The van der Waals surface area contributed by atoms with Crippen molar-refractivity contribution in [3.05, 3.63) is 29.3 Å². The van der Waals surface area contributed by atoms with Crippen molar-refractivity contribution in [2.75, 3.05) is 7.11 Å². The monoisotopic (exact) mass is 222 g/mol. The third kappa shape index (κ3) is 2.54. The van der Waals surface area contributed by atoms with Gasteiger partial charge in [-0.15, -0.1) is 0 Å². The van der Waals surface area contributed by atoms with Gasteiger partial charge in [0.15, 0.2) is 0 Å². The summed E-state index contributed by atoms with van der Waals surface area (Å²) in [6.07, 6.45) is 0.0901. The van der Waals surface area contributed by atoms with Crippen LogP contribution >= 0.6 is 0 Å². The molecule has 0 fully saturated rings. The minimum absolute atomic E-state index is 0.0901. The molecule has 0 radical (unpaired) electrons. The fourth-order valence-corrected chi connectivity index (χ4v) is 1.93. The molecule has 1 aromatic rings. The fraction of sp³-hybridized carbons (Fsp3) is 0.462. The molecule has 0 unspecified atom stereocenters. The molecule has 1 rings (SSSR count). The SMILES string of the molecule is COc1c(C)cccc1C(C)(C)CC(=O)O. The summed E-state index contributed by atoms with van der Waals surface area (Å²) in [6, 6.07) is 5.81. The summed E-state index contributed by atoms with van der Waals surface area (Å²) in [5.41, 5.74) is 1.54. The lowest BCUT2D eigenvalue weighted by molar-refractivity contribution is -0.138. The van der Waals surface area contributed by atoms with Crippen molar-refractivity contribution in [2.24, 2.45) is 0 Å². The van der Waals surface area contributed by atoms with Gasteiger partial charge in [0.05, 0.1) is 13.5 Å². The third-order valence-electron chi connectivity index (χ3n) is 2.74. The zero-order chi connectivity index (χ0) is 12.3. The Balaban J connectivity index is 3.21. The Morgan fingerprint density at radius 3 is 2.56 bits per heavy atom. The zero-order valence-electron chi connectivity index (χ0n) is 10.2. The minimum Gasteiger partial charge on any atom is -0.496 e. The number of rotatable bonds is 4. The van der Waals surface area contributed by atoms with E-state index in [1.807, 2.05) is 39.0 Å². The summed E-state index contributed by atoms with van der Waals surface area (Å²) < 4.78 is 5.35. The predicted molar refractivity (Wildman–Crippen MR) is 63.0 cm³/mol. The molecule has 16 heavy (non-hydrogen) atoms. The Labute approximate surface area is 96.1 Å². The highest BCUT2D eigenvalue weighted by Gasteiger charge is 2.27. The second-order valence-corrected chi connectivity index (χ2v) is 4.61. The zero-order valence-corrected chi connectivity index (χ0v) is 10.2. The van der Waals surface area contributed by atoms with Crippen LogP contribution in [-0.4, -0.2) is 18.2 Å². The summed E-state index contributed by atoms with van der Waals surface area (Å²) in [6.45, 7) is 5.79. The Kier molecular flexibility index (Phi) is 3.58. The van der Waals surface area contributed by atoms with Gasteiger partial charge in [0.2, 0.25) is 0 Å². The Bertz CT molecular complexity index is 394. The molecule has 0 spiro atoms. The van der Waals surface area contributed by atoms with Gasteiger partial charge in [0.25, 0.3) is 0 Å². The highest BCUT2D eigenvalue weighted by Crippen LogP contribution is 2.36. The van der Waals surface area contributed by atoms with E-state index in [0.29, 0.717) is 0 Å². The first-order valence-electron chi connectivity index (χ1n) is 5.24. The van der Waals surface area contributed by atoms with E-state index in [2.05, 4.69) is 0 Å². The van der Waals surface area contributed by atoms with Crippen molar-refractivity contribution < 1.29 is 14.6 Å². The molecular formula is C13H18O3. The van der Waals surface area contributed by atoms with E-state index in [1.165, 1.54) is 0 Å². The average molecular weight is 222 g/mol. The maximum atomic E-state index is 10.8. The van der Waals surface area contributed by atoms with Crippen molar-refractivity contribution in [2.45, 2.75) is 32.6 Å². The normalized spacial score (nSPS) is 11.2. The maximum Gasteiger partial charge on any atom is 0.304 e.